The molecule has 1 heterocycles. The maximum atomic E-state index is 13.4. The summed E-state index contributed by atoms with van der Waals surface area (Å²) in [6, 6.07) is 3.46. The van der Waals surface area contributed by atoms with E-state index < -0.39 is 17.4 Å². The number of benzene rings is 1. The first-order valence-corrected chi connectivity index (χ1v) is 5.64. The van der Waals surface area contributed by atoms with E-state index in [4.69, 9.17) is 5.73 Å². The van der Waals surface area contributed by atoms with Crippen molar-refractivity contribution in [2.24, 2.45) is 5.73 Å². The third-order valence-electron chi connectivity index (χ3n) is 2.16. The van der Waals surface area contributed by atoms with Gasteiger partial charge < -0.3 is 5.73 Å². The molecule has 0 aliphatic carbocycles. The quantitative estimate of drug-likeness (QED) is 0.853. The maximum absolute atomic E-state index is 13.4. The van der Waals surface area contributed by atoms with Crippen molar-refractivity contribution in [3.63, 3.8) is 0 Å². The topological polar surface area (TPSA) is 56.0 Å². The number of aromatic nitrogens is 1. The largest absolute Gasteiger partial charge is 0.325 e. The molecular formula is C11H8F2N2OS. The minimum atomic E-state index is -1.15. The molecule has 1 aromatic carbocycles. The third-order valence-corrected chi connectivity index (χ3v) is 3.03. The highest BCUT2D eigenvalue weighted by molar-refractivity contribution is 7.09. The first-order chi connectivity index (χ1) is 8.13. The summed E-state index contributed by atoms with van der Waals surface area (Å²) >= 11 is 1.21. The normalized spacial score (nSPS) is 10.5. The van der Waals surface area contributed by atoms with Gasteiger partial charge in [-0.2, -0.15) is 0 Å². The first-order valence-electron chi connectivity index (χ1n) is 4.76. The summed E-state index contributed by atoms with van der Waals surface area (Å²) in [7, 11) is 0. The summed E-state index contributed by atoms with van der Waals surface area (Å²) in [5, 5.41) is 2.06. The third kappa shape index (κ3) is 2.22. The van der Waals surface area contributed by atoms with Gasteiger partial charge in [-0.1, -0.05) is 6.07 Å². The fourth-order valence-corrected chi connectivity index (χ4v) is 1.98. The van der Waals surface area contributed by atoms with Gasteiger partial charge in [0.15, 0.2) is 11.6 Å². The van der Waals surface area contributed by atoms with E-state index >= 15 is 0 Å². The van der Waals surface area contributed by atoms with Crippen LogP contribution in [-0.4, -0.2) is 10.8 Å². The number of nitrogens with zero attached hydrogens (tertiary/aromatic N) is 1. The highest BCUT2D eigenvalue weighted by atomic mass is 32.1. The average Bonchev–Trinajstić information content (AvgIpc) is 2.80. The van der Waals surface area contributed by atoms with Crippen molar-refractivity contribution in [3.05, 3.63) is 51.5 Å². The van der Waals surface area contributed by atoms with E-state index in [0.29, 0.717) is 5.01 Å². The second kappa shape index (κ2) is 4.68. The van der Waals surface area contributed by atoms with Crippen LogP contribution in [0.5, 0.6) is 0 Å². The molecule has 0 saturated heterocycles. The fraction of sp³-hybridized carbons (Fsp3) is 0.0909. The second-order valence-electron chi connectivity index (χ2n) is 3.26. The molecule has 88 valence electrons. The van der Waals surface area contributed by atoms with Crippen LogP contribution in [-0.2, 0) is 6.54 Å². The molecule has 0 spiro atoms. The molecule has 0 radical (unpaired) electrons. The van der Waals surface area contributed by atoms with E-state index in [1.54, 1.807) is 0 Å². The molecule has 1 aromatic heterocycles. The molecular weight excluding hydrogens is 246 g/mol. The van der Waals surface area contributed by atoms with Crippen LogP contribution in [0.15, 0.2) is 23.6 Å². The Kier molecular flexibility index (Phi) is 3.26. The standard InChI is InChI=1S/C11H8F2N2OS/c12-7-3-1-2-6(10(7)13)11(16)8-5-17-9(4-14)15-8/h1-3,5H,4,14H2. The summed E-state index contributed by atoms with van der Waals surface area (Å²) in [6.07, 6.45) is 0. The number of carbonyl (C=O) groups excluding carboxylic acids is 1. The lowest BCUT2D eigenvalue weighted by Crippen LogP contribution is -2.07. The van der Waals surface area contributed by atoms with E-state index in [9.17, 15) is 13.6 Å². The highest BCUT2D eigenvalue weighted by Crippen LogP contribution is 2.17. The molecule has 17 heavy (non-hydrogen) atoms. The summed E-state index contributed by atoms with van der Waals surface area (Å²) in [4.78, 5) is 15.8. The van der Waals surface area contributed by atoms with Crippen LogP contribution >= 0.6 is 11.3 Å². The molecule has 3 nitrogen and oxygen atoms in total. The van der Waals surface area contributed by atoms with Gasteiger partial charge >= 0.3 is 0 Å². The number of ketones is 1. The van der Waals surface area contributed by atoms with E-state index in [1.165, 1.54) is 28.8 Å². The van der Waals surface area contributed by atoms with E-state index in [-0.39, 0.29) is 17.8 Å². The summed E-state index contributed by atoms with van der Waals surface area (Å²) in [6.45, 7) is 0.212. The van der Waals surface area contributed by atoms with Crippen LogP contribution in [0.25, 0.3) is 0 Å². The Bertz CT molecular complexity index is 568. The lowest BCUT2D eigenvalue weighted by molar-refractivity contribution is 0.103. The number of hydrogen-bond donors (Lipinski definition) is 1. The van der Waals surface area contributed by atoms with Gasteiger partial charge in [0.05, 0.1) is 5.56 Å². The number of hydrogen-bond acceptors (Lipinski definition) is 4. The zero-order valence-corrected chi connectivity index (χ0v) is 9.43. The van der Waals surface area contributed by atoms with Gasteiger partial charge in [-0.3, -0.25) is 4.79 Å². The molecule has 0 bridgehead atoms. The van der Waals surface area contributed by atoms with Gasteiger partial charge in [-0.15, -0.1) is 11.3 Å². The summed E-state index contributed by atoms with van der Waals surface area (Å²) < 4.78 is 26.3. The molecule has 0 unspecified atom stereocenters. The molecule has 2 aromatic rings. The van der Waals surface area contributed by atoms with Gasteiger partial charge in [0.2, 0.25) is 5.78 Å². The predicted octanol–water partition coefficient (Wildman–Crippen LogP) is 2.11. The van der Waals surface area contributed by atoms with Gasteiger partial charge in [0.1, 0.15) is 10.7 Å². The van der Waals surface area contributed by atoms with Crippen LogP contribution < -0.4 is 5.73 Å². The van der Waals surface area contributed by atoms with Crippen LogP contribution in [0, 0.1) is 11.6 Å². The molecule has 2 N–H and O–H groups in total. The van der Waals surface area contributed by atoms with Gasteiger partial charge in [-0.25, -0.2) is 13.8 Å². The minimum Gasteiger partial charge on any atom is -0.325 e. The molecule has 0 atom stereocenters. The molecule has 6 heteroatoms. The van der Waals surface area contributed by atoms with Crippen LogP contribution in [0.1, 0.15) is 21.1 Å². The van der Waals surface area contributed by atoms with Crippen molar-refractivity contribution in [2.45, 2.75) is 6.54 Å². The van der Waals surface area contributed by atoms with E-state index in [1.807, 2.05) is 0 Å². The lowest BCUT2D eigenvalue weighted by atomic mass is 10.1. The van der Waals surface area contributed by atoms with Crippen LogP contribution in [0.4, 0.5) is 8.78 Å². The zero-order chi connectivity index (χ0) is 12.4. The molecule has 2 rings (SSSR count). The Hall–Kier alpha value is -1.66. The monoisotopic (exact) mass is 254 g/mol. The first kappa shape index (κ1) is 11.8. The van der Waals surface area contributed by atoms with Crippen molar-refractivity contribution in [3.8, 4) is 0 Å². The molecule has 0 aliphatic heterocycles. The number of carbonyl (C=O) groups is 1. The number of nitrogens with two attached hydrogens (primary N) is 1. The molecule has 0 fully saturated rings. The van der Waals surface area contributed by atoms with E-state index in [2.05, 4.69) is 4.98 Å². The van der Waals surface area contributed by atoms with E-state index in [0.717, 1.165) is 6.07 Å². The van der Waals surface area contributed by atoms with Crippen LogP contribution in [0.3, 0.4) is 0 Å². The highest BCUT2D eigenvalue weighted by Gasteiger charge is 2.18. The summed E-state index contributed by atoms with van der Waals surface area (Å²) in [5.74, 6) is -2.84. The van der Waals surface area contributed by atoms with Crippen molar-refractivity contribution in [2.75, 3.05) is 0 Å². The lowest BCUT2D eigenvalue weighted by Gasteiger charge is -2.00. The molecule has 0 amide bonds. The fourth-order valence-electron chi connectivity index (χ4n) is 1.33. The Labute approximate surface area is 99.9 Å². The van der Waals surface area contributed by atoms with Crippen molar-refractivity contribution in [1.29, 1.82) is 0 Å². The van der Waals surface area contributed by atoms with Gasteiger partial charge in [0.25, 0.3) is 0 Å². The second-order valence-corrected chi connectivity index (χ2v) is 4.20. The Balaban J connectivity index is 2.40. The number of rotatable bonds is 3. The SMILES string of the molecule is NCc1nc(C(=O)c2cccc(F)c2F)cs1. The predicted molar refractivity (Wildman–Crippen MR) is 59.8 cm³/mol. The van der Waals surface area contributed by atoms with Gasteiger partial charge in [-0.05, 0) is 12.1 Å². The summed E-state index contributed by atoms with van der Waals surface area (Å²) in [5.41, 5.74) is 5.12. The van der Waals surface area contributed by atoms with Gasteiger partial charge in [0, 0.05) is 11.9 Å². The van der Waals surface area contributed by atoms with Crippen molar-refractivity contribution in [1.82, 2.24) is 4.98 Å². The zero-order valence-electron chi connectivity index (χ0n) is 8.61. The Morgan fingerprint density at radius 3 is 2.82 bits per heavy atom. The van der Waals surface area contributed by atoms with Crippen LogP contribution in [0.2, 0.25) is 0 Å². The molecule has 0 saturated carbocycles. The Morgan fingerprint density at radius 1 is 1.41 bits per heavy atom. The average molecular weight is 254 g/mol. The Morgan fingerprint density at radius 2 is 2.18 bits per heavy atom. The smallest absolute Gasteiger partial charge is 0.215 e. The maximum Gasteiger partial charge on any atom is 0.215 e. The molecule has 0 aliphatic rings. The van der Waals surface area contributed by atoms with Crippen molar-refractivity contribution < 1.29 is 13.6 Å². The number of thiazole rings is 1. The van der Waals surface area contributed by atoms with Crippen molar-refractivity contribution >= 4 is 17.1 Å². The number of halogens is 2. The minimum absolute atomic E-state index is 0.0833.